The molecule has 0 aliphatic rings. The lowest BCUT2D eigenvalue weighted by Gasteiger charge is -2.09. The SMILES string of the molecule is COC(=O)c1c(N)nsc1NCc1ccccc1OC. The highest BCUT2D eigenvalue weighted by Gasteiger charge is 2.19. The number of carbonyl (C=O) groups is 1. The number of hydrogen-bond acceptors (Lipinski definition) is 7. The van der Waals surface area contributed by atoms with Gasteiger partial charge in [-0.25, -0.2) is 4.79 Å². The summed E-state index contributed by atoms with van der Waals surface area (Å²) in [5.41, 5.74) is 6.92. The van der Waals surface area contributed by atoms with Gasteiger partial charge < -0.3 is 20.5 Å². The van der Waals surface area contributed by atoms with Crippen LogP contribution in [0.3, 0.4) is 0 Å². The maximum Gasteiger partial charge on any atom is 0.344 e. The lowest BCUT2D eigenvalue weighted by Crippen LogP contribution is -2.08. The summed E-state index contributed by atoms with van der Waals surface area (Å²) in [6.07, 6.45) is 0. The van der Waals surface area contributed by atoms with E-state index in [4.69, 9.17) is 15.2 Å². The Bertz CT molecular complexity index is 613. The van der Waals surface area contributed by atoms with Crippen LogP contribution >= 0.6 is 11.5 Å². The molecule has 0 fully saturated rings. The molecule has 1 heterocycles. The van der Waals surface area contributed by atoms with Gasteiger partial charge in [-0.2, -0.15) is 4.37 Å². The Morgan fingerprint density at radius 3 is 2.85 bits per heavy atom. The number of nitrogen functional groups attached to an aromatic ring is 1. The maximum absolute atomic E-state index is 11.7. The number of methoxy groups -OCH3 is 2. The zero-order valence-corrected chi connectivity index (χ0v) is 12.0. The van der Waals surface area contributed by atoms with Crippen LogP contribution in [0.15, 0.2) is 24.3 Å². The fraction of sp³-hybridized carbons (Fsp3) is 0.231. The third-order valence-electron chi connectivity index (χ3n) is 2.74. The molecule has 2 aromatic rings. The minimum absolute atomic E-state index is 0.171. The van der Waals surface area contributed by atoms with Crippen molar-refractivity contribution in [2.24, 2.45) is 0 Å². The van der Waals surface area contributed by atoms with Crippen LogP contribution < -0.4 is 15.8 Å². The van der Waals surface area contributed by atoms with Crippen molar-refractivity contribution in [1.29, 1.82) is 0 Å². The first-order chi connectivity index (χ1) is 9.67. The van der Waals surface area contributed by atoms with E-state index in [0.29, 0.717) is 11.5 Å². The predicted molar refractivity (Wildman–Crippen MR) is 78.2 cm³/mol. The van der Waals surface area contributed by atoms with Crippen molar-refractivity contribution in [3.63, 3.8) is 0 Å². The first-order valence-corrected chi connectivity index (χ1v) is 6.64. The van der Waals surface area contributed by atoms with E-state index in [1.54, 1.807) is 7.11 Å². The minimum atomic E-state index is -0.501. The van der Waals surface area contributed by atoms with Crippen molar-refractivity contribution in [3.05, 3.63) is 35.4 Å². The highest BCUT2D eigenvalue weighted by Crippen LogP contribution is 2.28. The number of anilines is 2. The number of para-hydroxylation sites is 1. The second-order valence-electron chi connectivity index (χ2n) is 3.93. The number of nitrogens with two attached hydrogens (primary N) is 1. The van der Waals surface area contributed by atoms with Crippen molar-refractivity contribution in [2.45, 2.75) is 6.54 Å². The summed E-state index contributed by atoms with van der Waals surface area (Å²) in [4.78, 5) is 11.7. The van der Waals surface area contributed by atoms with E-state index < -0.39 is 5.97 Å². The van der Waals surface area contributed by atoms with Gasteiger partial charge in [-0.1, -0.05) is 18.2 Å². The largest absolute Gasteiger partial charge is 0.496 e. The molecule has 0 saturated carbocycles. The smallest absolute Gasteiger partial charge is 0.344 e. The van der Waals surface area contributed by atoms with Crippen molar-refractivity contribution < 1.29 is 14.3 Å². The van der Waals surface area contributed by atoms with Gasteiger partial charge in [0.25, 0.3) is 0 Å². The highest BCUT2D eigenvalue weighted by molar-refractivity contribution is 7.11. The topological polar surface area (TPSA) is 86.5 Å². The minimum Gasteiger partial charge on any atom is -0.496 e. The number of aromatic nitrogens is 1. The first-order valence-electron chi connectivity index (χ1n) is 5.86. The number of ether oxygens (including phenoxy) is 2. The van der Waals surface area contributed by atoms with Gasteiger partial charge in [-0.3, -0.25) is 0 Å². The second kappa shape index (κ2) is 6.25. The molecule has 0 unspecified atom stereocenters. The molecule has 1 aromatic carbocycles. The molecule has 0 radical (unpaired) electrons. The van der Waals surface area contributed by atoms with Crippen LogP contribution in [0, 0.1) is 0 Å². The Morgan fingerprint density at radius 1 is 1.40 bits per heavy atom. The molecular weight excluding hydrogens is 278 g/mol. The van der Waals surface area contributed by atoms with Crippen LogP contribution in [0.2, 0.25) is 0 Å². The zero-order valence-electron chi connectivity index (χ0n) is 11.2. The monoisotopic (exact) mass is 293 g/mol. The van der Waals surface area contributed by atoms with Crippen LogP contribution in [0.1, 0.15) is 15.9 Å². The van der Waals surface area contributed by atoms with Gasteiger partial charge in [-0.05, 0) is 17.6 Å². The number of nitrogens with one attached hydrogen (secondary N) is 1. The number of hydrogen-bond donors (Lipinski definition) is 2. The summed E-state index contributed by atoms with van der Waals surface area (Å²) < 4.78 is 13.9. The Balaban J connectivity index is 2.17. The fourth-order valence-electron chi connectivity index (χ4n) is 1.75. The summed E-state index contributed by atoms with van der Waals surface area (Å²) in [6, 6.07) is 7.63. The van der Waals surface area contributed by atoms with E-state index in [2.05, 4.69) is 9.69 Å². The molecule has 7 heteroatoms. The molecule has 6 nitrogen and oxygen atoms in total. The van der Waals surface area contributed by atoms with Gasteiger partial charge in [0.1, 0.15) is 16.3 Å². The van der Waals surface area contributed by atoms with Gasteiger partial charge in [0, 0.05) is 12.1 Å². The molecule has 0 spiro atoms. The summed E-state index contributed by atoms with van der Waals surface area (Å²) in [5.74, 6) is 0.445. The number of benzene rings is 1. The average Bonchev–Trinajstić information content (AvgIpc) is 2.85. The van der Waals surface area contributed by atoms with Crippen LogP contribution in [0.5, 0.6) is 5.75 Å². The standard InChI is InChI=1S/C13H15N3O3S/c1-18-9-6-4-3-5-8(9)7-15-12-10(13(17)19-2)11(14)16-20-12/h3-6,15H,7H2,1-2H3,(H2,14,16). The maximum atomic E-state index is 11.7. The normalized spacial score (nSPS) is 10.1. The quantitative estimate of drug-likeness (QED) is 0.821. The van der Waals surface area contributed by atoms with Crippen LogP contribution in [-0.2, 0) is 11.3 Å². The van der Waals surface area contributed by atoms with Crippen molar-refractivity contribution >= 4 is 28.3 Å². The van der Waals surface area contributed by atoms with Gasteiger partial charge in [0.15, 0.2) is 5.82 Å². The molecule has 106 valence electrons. The van der Waals surface area contributed by atoms with Gasteiger partial charge in [0.2, 0.25) is 0 Å². The van der Waals surface area contributed by atoms with Crippen LogP contribution in [0.25, 0.3) is 0 Å². The lowest BCUT2D eigenvalue weighted by molar-refractivity contribution is 0.0603. The molecule has 3 N–H and O–H groups in total. The van der Waals surface area contributed by atoms with Crippen LogP contribution in [0.4, 0.5) is 10.8 Å². The lowest BCUT2D eigenvalue weighted by atomic mass is 10.2. The number of rotatable bonds is 5. The van der Waals surface area contributed by atoms with E-state index in [9.17, 15) is 4.79 Å². The third kappa shape index (κ3) is 2.83. The van der Waals surface area contributed by atoms with Crippen molar-refractivity contribution in [1.82, 2.24) is 4.37 Å². The Labute approximate surface area is 120 Å². The van der Waals surface area contributed by atoms with E-state index in [-0.39, 0.29) is 11.4 Å². The molecule has 0 saturated heterocycles. The summed E-state index contributed by atoms with van der Waals surface area (Å²) >= 11 is 1.12. The summed E-state index contributed by atoms with van der Waals surface area (Å²) in [7, 11) is 2.92. The molecule has 0 atom stereocenters. The molecule has 0 amide bonds. The third-order valence-corrected chi connectivity index (χ3v) is 3.56. The summed E-state index contributed by atoms with van der Waals surface area (Å²) in [5, 5.41) is 3.72. The molecule has 0 bridgehead atoms. The summed E-state index contributed by atoms with van der Waals surface area (Å²) in [6.45, 7) is 0.496. The highest BCUT2D eigenvalue weighted by atomic mass is 32.1. The number of nitrogens with zero attached hydrogens (tertiary/aromatic N) is 1. The Kier molecular flexibility index (Phi) is 4.41. The van der Waals surface area contributed by atoms with E-state index >= 15 is 0 Å². The zero-order chi connectivity index (χ0) is 14.5. The Morgan fingerprint density at radius 2 is 2.15 bits per heavy atom. The van der Waals surface area contributed by atoms with Crippen molar-refractivity contribution in [3.8, 4) is 5.75 Å². The van der Waals surface area contributed by atoms with Gasteiger partial charge in [0.05, 0.1) is 14.2 Å². The van der Waals surface area contributed by atoms with E-state index in [0.717, 1.165) is 22.8 Å². The average molecular weight is 293 g/mol. The first kappa shape index (κ1) is 14.1. The van der Waals surface area contributed by atoms with Gasteiger partial charge in [-0.15, -0.1) is 0 Å². The number of esters is 1. The molecule has 2 rings (SSSR count). The molecule has 0 aliphatic heterocycles. The van der Waals surface area contributed by atoms with E-state index in [1.165, 1.54) is 7.11 Å². The van der Waals surface area contributed by atoms with Crippen molar-refractivity contribution in [2.75, 3.05) is 25.3 Å². The van der Waals surface area contributed by atoms with E-state index in [1.807, 2.05) is 24.3 Å². The molecular formula is C13H15N3O3S. The number of carbonyl (C=O) groups excluding carboxylic acids is 1. The second-order valence-corrected chi connectivity index (χ2v) is 4.70. The fourth-order valence-corrected chi connectivity index (χ4v) is 2.44. The molecule has 0 aliphatic carbocycles. The molecule has 20 heavy (non-hydrogen) atoms. The van der Waals surface area contributed by atoms with Gasteiger partial charge >= 0.3 is 5.97 Å². The van der Waals surface area contributed by atoms with Crippen LogP contribution in [-0.4, -0.2) is 24.6 Å². The molecule has 1 aromatic heterocycles. The Hall–Kier alpha value is -2.28. The predicted octanol–water partition coefficient (Wildman–Crippen LogP) is 2.13.